The molecule has 0 bridgehead atoms. The first-order chi connectivity index (χ1) is 6.63. The zero-order valence-corrected chi connectivity index (χ0v) is 8.86. The number of benzene rings is 1. The van der Waals surface area contributed by atoms with E-state index in [0.717, 1.165) is 10.0 Å². The Kier molecular flexibility index (Phi) is 3.91. The van der Waals surface area contributed by atoms with Gasteiger partial charge in [-0.25, -0.2) is 4.79 Å². The Labute approximate surface area is 89.7 Å². The SMILES string of the molecule is O=C(O)NC(CO)c1ccc(Br)cc1. The van der Waals surface area contributed by atoms with Crippen LogP contribution < -0.4 is 5.32 Å². The molecule has 1 amide bonds. The van der Waals surface area contributed by atoms with Gasteiger partial charge in [-0.2, -0.15) is 0 Å². The fourth-order valence-corrected chi connectivity index (χ4v) is 1.34. The zero-order chi connectivity index (χ0) is 10.6. The van der Waals surface area contributed by atoms with Crippen molar-refractivity contribution in [2.75, 3.05) is 6.61 Å². The van der Waals surface area contributed by atoms with Crippen molar-refractivity contribution in [2.24, 2.45) is 0 Å². The fourth-order valence-electron chi connectivity index (χ4n) is 1.08. The van der Waals surface area contributed by atoms with Gasteiger partial charge in [-0.3, -0.25) is 0 Å². The molecular weight excluding hydrogens is 250 g/mol. The summed E-state index contributed by atoms with van der Waals surface area (Å²) in [6, 6.07) is 6.52. The van der Waals surface area contributed by atoms with Crippen molar-refractivity contribution in [1.29, 1.82) is 0 Å². The van der Waals surface area contributed by atoms with Gasteiger partial charge in [0.1, 0.15) is 0 Å². The number of carbonyl (C=O) groups is 1. The van der Waals surface area contributed by atoms with Crippen LogP contribution in [0.4, 0.5) is 4.79 Å². The second-order valence-corrected chi connectivity index (χ2v) is 3.65. The Balaban J connectivity index is 2.78. The molecule has 0 aromatic heterocycles. The molecule has 4 nitrogen and oxygen atoms in total. The summed E-state index contributed by atoms with van der Waals surface area (Å²) in [6.45, 7) is -0.256. The highest BCUT2D eigenvalue weighted by atomic mass is 79.9. The van der Waals surface area contributed by atoms with Crippen molar-refractivity contribution >= 4 is 22.0 Å². The van der Waals surface area contributed by atoms with Crippen molar-refractivity contribution in [2.45, 2.75) is 6.04 Å². The molecule has 0 aliphatic carbocycles. The Morgan fingerprint density at radius 2 is 2.00 bits per heavy atom. The normalized spacial score (nSPS) is 12.1. The molecule has 0 fully saturated rings. The van der Waals surface area contributed by atoms with Crippen LogP contribution in [0, 0.1) is 0 Å². The van der Waals surface area contributed by atoms with Gasteiger partial charge in [-0.1, -0.05) is 28.1 Å². The quantitative estimate of drug-likeness (QED) is 0.775. The molecule has 0 aliphatic rings. The van der Waals surface area contributed by atoms with Crippen LogP contribution in [0.3, 0.4) is 0 Å². The maximum Gasteiger partial charge on any atom is 0.405 e. The number of aliphatic hydroxyl groups excluding tert-OH is 1. The standard InChI is InChI=1S/C9H10BrNO3/c10-7-3-1-6(2-4-7)8(5-12)11-9(13)14/h1-4,8,11-12H,5H2,(H,13,14). The van der Waals surface area contributed by atoms with E-state index in [1.54, 1.807) is 24.3 Å². The van der Waals surface area contributed by atoms with E-state index in [1.165, 1.54) is 0 Å². The third kappa shape index (κ3) is 3.01. The third-order valence-corrected chi connectivity index (χ3v) is 2.28. The van der Waals surface area contributed by atoms with Gasteiger partial charge < -0.3 is 15.5 Å². The van der Waals surface area contributed by atoms with Crippen LogP contribution >= 0.6 is 15.9 Å². The largest absolute Gasteiger partial charge is 0.465 e. The first-order valence-corrected chi connectivity index (χ1v) is 4.78. The molecule has 1 aromatic carbocycles. The second-order valence-electron chi connectivity index (χ2n) is 2.74. The van der Waals surface area contributed by atoms with Crippen LogP contribution in [-0.4, -0.2) is 22.9 Å². The summed E-state index contributed by atoms with van der Waals surface area (Å²) in [6.07, 6.45) is -1.15. The molecule has 0 heterocycles. The predicted octanol–water partition coefficient (Wildman–Crippen LogP) is 1.75. The minimum Gasteiger partial charge on any atom is -0.465 e. The second kappa shape index (κ2) is 4.97. The van der Waals surface area contributed by atoms with Gasteiger partial charge in [0.2, 0.25) is 0 Å². The number of aliphatic hydroxyl groups is 1. The van der Waals surface area contributed by atoms with E-state index in [-0.39, 0.29) is 6.61 Å². The zero-order valence-electron chi connectivity index (χ0n) is 7.27. The van der Waals surface area contributed by atoms with Crippen LogP contribution in [0.1, 0.15) is 11.6 Å². The van der Waals surface area contributed by atoms with Crippen molar-refractivity contribution in [3.05, 3.63) is 34.3 Å². The van der Waals surface area contributed by atoms with E-state index in [4.69, 9.17) is 10.2 Å². The Morgan fingerprint density at radius 3 is 2.43 bits per heavy atom. The molecule has 0 aliphatic heterocycles. The lowest BCUT2D eigenvalue weighted by molar-refractivity contribution is 0.177. The summed E-state index contributed by atoms with van der Waals surface area (Å²) < 4.78 is 0.910. The lowest BCUT2D eigenvalue weighted by Gasteiger charge is -2.14. The predicted molar refractivity (Wildman–Crippen MR) is 55.1 cm³/mol. The summed E-state index contributed by atoms with van der Waals surface area (Å²) in [5.74, 6) is 0. The van der Waals surface area contributed by atoms with Gasteiger partial charge in [-0.15, -0.1) is 0 Å². The monoisotopic (exact) mass is 259 g/mol. The number of hydrogen-bond acceptors (Lipinski definition) is 2. The molecule has 1 rings (SSSR count). The van der Waals surface area contributed by atoms with Crippen molar-refractivity contribution < 1.29 is 15.0 Å². The van der Waals surface area contributed by atoms with E-state index in [9.17, 15) is 4.79 Å². The van der Waals surface area contributed by atoms with Crippen LogP contribution in [0.5, 0.6) is 0 Å². The van der Waals surface area contributed by atoms with Crippen LogP contribution in [-0.2, 0) is 0 Å². The molecule has 76 valence electrons. The van der Waals surface area contributed by atoms with Gasteiger partial charge in [0.15, 0.2) is 0 Å². The number of carboxylic acid groups (broad SMARTS) is 1. The average molecular weight is 260 g/mol. The first-order valence-electron chi connectivity index (χ1n) is 3.99. The minimum atomic E-state index is -1.15. The Morgan fingerprint density at radius 1 is 1.43 bits per heavy atom. The maximum atomic E-state index is 10.4. The summed E-state index contributed by atoms with van der Waals surface area (Å²) >= 11 is 3.27. The number of hydrogen-bond donors (Lipinski definition) is 3. The van der Waals surface area contributed by atoms with E-state index < -0.39 is 12.1 Å². The molecule has 1 unspecified atom stereocenters. The molecule has 3 N–H and O–H groups in total. The van der Waals surface area contributed by atoms with Gasteiger partial charge in [-0.05, 0) is 17.7 Å². The van der Waals surface area contributed by atoms with Crippen LogP contribution in [0.25, 0.3) is 0 Å². The molecule has 0 saturated carbocycles. The molecule has 0 saturated heterocycles. The summed E-state index contributed by atoms with van der Waals surface area (Å²) in [7, 11) is 0. The summed E-state index contributed by atoms with van der Waals surface area (Å²) in [4.78, 5) is 10.4. The molecular formula is C9H10BrNO3. The van der Waals surface area contributed by atoms with Crippen molar-refractivity contribution in [1.82, 2.24) is 5.32 Å². The summed E-state index contributed by atoms with van der Waals surface area (Å²) in [5, 5.41) is 19.7. The highest BCUT2D eigenvalue weighted by molar-refractivity contribution is 9.10. The van der Waals surface area contributed by atoms with Crippen LogP contribution in [0.15, 0.2) is 28.7 Å². The average Bonchev–Trinajstić information content (AvgIpc) is 2.15. The lowest BCUT2D eigenvalue weighted by Crippen LogP contribution is -2.29. The van der Waals surface area contributed by atoms with Gasteiger partial charge >= 0.3 is 6.09 Å². The van der Waals surface area contributed by atoms with Crippen LogP contribution in [0.2, 0.25) is 0 Å². The topological polar surface area (TPSA) is 69.6 Å². The van der Waals surface area contributed by atoms with Gasteiger partial charge in [0.05, 0.1) is 12.6 Å². The van der Waals surface area contributed by atoms with E-state index in [1.807, 2.05) is 0 Å². The summed E-state index contributed by atoms with van der Waals surface area (Å²) in [5.41, 5.74) is 0.734. The number of halogens is 1. The van der Waals surface area contributed by atoms with Crippen molar-refractivity contribution in [3.8, 4) is 0 Å². The minimum absolute atomic E-state index is 0.256. The maximum absolute atomic E-state index is 10.4. The lowest BCUT2D eigenvalue weighted by atomic mass is 10.1. The number of rotatable bonds is 3. The number of nitrogens with one attached hydrogen (secondary N) is 1. The molecule has 0 radical (unpaired) electrons. The Bertz CT molecular complexity index is 312. The fraction of sp³-hybridized carbons (Fsp3) is 0.222. The highest BCUT2D eigenvalue weighted by Gasteiger charge is 2.11. The van der Waals surface area contributed by atoms with E-state index >= 15 is 0 Å². The van der Waals surface area contributed by atoms with Gasteiger partial charge in [0.25, 0.3) is 0 Å². The van der Waals surface area contributed by atoms with E-state index in [0.29, 0.717) is 0 Å². The molecule has 1 aromatic rings. The molecule has 5 heteroatoms. The Hall–Kier alpha value is -1.07. The molecule has 14 heavy (non-hydrogen) atoms. The van der Waals surface area contributed by atoms with Crippen molar-refractivity contribution in [3.63, 3.8) is 0 Å². The highest BCUT2D eigenvalue weighted by Crippen LogP contribution is 2.16. The molecule has 0 spiro atoms. The smallest absolute Gasteiger partial charge is 0.405 e. The third-order valence-electron chi connectivity index (χ3n) is 1.75. The van der Waals surface area contributed by atoms with E-state index in [2.05, 4.69) is 21.2 Å². The number of amides is 1. The van der Waals surface area contributed by atoms with Gasteiger partial charge in [0, 0.05) is 4.47 Å². The first kappa shape index (κ1) is 11.0. The molecule has 1 atom stereocenters.